The van der Waals surface area contributed by atoms with E-state index < -0.39 is 0 Å². The predicted molar refractivity (Wildman–Crippen MR) is 66.2 cm³/mol. The van der Waals surface area contributed by atoms with Crippen molar-refractivity contribution in [2.45, 2.75) is 75.5 Å². The molecule has 104 valence electrons. The molecule has 1 heterocycles. The first-order valence-electron chi connectivity index (χ1n) is 7.39. The highest BCUT2D eigenvalue weighted by Gasteiger charge is 2.41. The van der Waals surface area contributed by atoms with Crippen molar-refractivity contribution < 1.29 is 19.3 Å². The Morgan fingerprint density at radius 2 is 1.61 bits per heavy atom. The van der Waals surface area contributed by atoms with E-state index in [1.54, 1.807) is 0 Å². The van der Waals surface area contributed by atoms with E-state index in [4.69, 9.17) is 14.2 Å². The lowest BCUT2D eigenvalue weighted by atomic mass is 9.90. The Morgan fingerprint density at radius 3 is 2.28 bits per heavy atom. The second kappa shape index (κ2) is 5.45. The molecule has 2 unspecified atom stereocenters. The van der Waals surface area contributed by atoms with Gasteiger partial charge in [-0.25, -0.2) is 0 Å². The second-order valence-electron chi connectivity index (χ2n) is 5.83. The predicted octanol–water partition coefficient (Wildman–Crippen LogP) is 1.99. The van der Waals surface area contributed by atoms with Crippen molar-refractivity contribution in [2.75, 3.05) is 13.2 Å². The monoisotopic (exact) mass is 256 g/mol. The minimum atomic E-state index is -0.301. The van der Waals surface area contributed by atoms with Crippen LogP contribution in [0, 0.1) is 0 Å². The first kappa shape index (κ1) is 12.9. The normalized spacial score (nSPS) is 37.2. The molecule has 1 N–H and O–H groups in total. The SMILES string of the molecule is OC1CCCCC1OC1CCC2(CC1)OCCO2. The highest BCUT2D eigenvalue weighted by Crippen LogP contribution is 2.37. The summed E-state index contributed by atoms with van der Waals surface area (Å²) in [5.74, 6) is -0.301. The first-order valence-corrected chi connectivity index (χ1v) is 7.39. The third-order valence-corrected chi connectivity index (χ3v) is 4.54. The van der Waals surface area contributed by atoms with E-state index >= 15 is 0 Å². The van der Waals surface area contributed by atoms with Crippen LogP contribution in [0.3, 0.4) is 0 Å². The van der Waals surface area contributed by atoms with Crippen LogP contribution in [0.5, 0.6) is 0 Å². The van der Waals surface area contributed by atoms with Crippen molar-refractivity contribution in [3.05, 3.63) is 0 Å². The van der Waals surface area contributed by atoms with Crippen molar-refractivity contribution in [2.24, 2.45) is 0 Å². The summed E-state index contributed by atoms with van der Waals surface area (Å²) in [6.45, 7) is 1.46. The fourth-order valence-electron chi connectivity index (χ4n) is 3.44. The van der Waals surface area contributed by atoms with Gasteiger partial charge in [-0.2, -0.15) is 0 Å². The molecule has 3 fully saturated rings. The third-order valence-electron chi connectivity index (χ3n) is 4.54. The number of hydrogen-bond donors (Lipinski definition) is 1. The van der Waals surface area contributed by atoms with Crippen LogP contribution in [0.15, 0.2) is 0 Å². The van der Waals surface area contributed by atoms with Gasteiger partial charge in [0.2, 0.25) is 0 Å². The molecule has 18 heavy (non-hydrogen) atoms. The average molecular weight is 256 g/mol. The maximum absolute atomic E-state index is 9.93. The number of ether oxygens (including phenoxy) is 3. The van der Waals surface area contributed by atoms with Crippen molar-refractivity contribution >= 4 is 0 Å². The molecule has 0 bridgehead atoms. The van der Waals surface area contributed by atoms with Gasteiger partial charge >= 0.3 is 0 Å². The molecule has 4 heteroatoms. The van der Waals surface area contributed by atoms with Crippen LogP contribution in [-0.2, 0) is 14.2 Å². The Hall–Kier alpha value is -0.160. The molecular formula is C14H24O4. The highest BCUT2D eigenvalue weighted by atomic mass is 16.7. The van der Waals surface area contributed by atoms with Crippen LogP contribution in [0.2, 0.25) is 0 Å². The molecule has 1 saturated heterocycles. The van der Waals surface area contributed by atoms with Gasteiger partial charge in [0.25, 0.3) is 0 Å². The van der Waals surface area contributed by atoms with Crippen LogP contribution >= 0.6 is 0 Å². The third kappa shape index (κ3) is 2.72. The Bertz CT molecular complexity index is 265. The number of hydrogen-bond acceptors (Lipinski definition) is 4. The van der Waals surface area contributed by atoms with Crippen LogP contribution in [0.1, 0.15) is 51.4 Å². The van der Waals surface area contributed by atoms with Crippen molar-refractivity contribution in [3.63, 3.8) is 0 Å². The lowest BCUT2D eigenvalue weighted by molar-refractivity contribution is -0.201. The summed E-state index contributed by atoms with van der Waals surface area (Å²) in [7, 11) is 0. The van der Waals surface area contributed by atoms with Crippen molar-refractivity contribution in [1.29, 1.82) is 0 Å². The summed E-state index contributed by atoms with van der Waals surface area (Å²) < 4.78 is 17.5. The van der Waals surface area contributed by atoms with E-state index in [9.17, 15) is 5.11 Å². The molecule has 3 rings (SSSR count). The van der Waals surface area contributed by atoms with E-state index in [-0.39, 0.29) is 24.1 Å². The van der Waals surface area contributed by atoms with Gasteiger partial charge in [-0.15, -0.1) is 0 Å². The molecule has 1 aliphatic heterocycles. The van der Waals surface area contributed by atoms with E-state index in [2.05, 4.69) is 0 Å². The Morgan fingerprint density at radius 1 is 0.944 bits per heavy atom. The minimum Gasteiger partial charge on any atom is -0.390 e. The molecule has 0 radical (unpaired) electrons. The maximum Gasteiger partial charge on any atom is 0.168 e. The molecule has 2 saturated carbocycles. The molecule has 1 spiro atoms. The molecular weight excluding hydrogens is 232 g/mol. The van der Waals surface area contributed by atoms with Crippen LogP contribution in [-0.4, -0.2) is 42.4 Å². The number of aliphatic hydroxyl groups excluding tert-OH is 1. The van der Waals surface area contributed by atoms with Crippen LogP contribution < -0.4 is 0 Å². The summed E-state index contributed by atoms with van der Waals surface area (Å²) in [4.78, 5) is 0. The number of rotatable bonds is 2. The molecule has 0 aromatic heterocycles. The lowest BCUT2D eigenvalue weighted by Gasteiger charge is -2.38. The molecule has 4 nitrogen and oxygen atoms in total. The van der Waals surface area contributed by atoms with Gasteiger partial charge < -0.3 is 19.3 Å². The van der Waals surface area contributed by atoms with Gasteiger partial charge in [0, 0.05) is 12.8 Å². The van der Waals surface area contributed by atoms with Crippen LogP contribution in [0.25, 0.3) is 0 Å². The van der Waals surface area contributed by atoms with E-state index in [0.29, 0.717) is 0 Å². The number of aliphatic hydroxyl groups is 1. The minimum absolute atomic E-state index is 0.0585. The molecule has 3 aliphatic rings. The molecule has 2 atom stereocenters. The highest BCUT2D eigenvalue weighted by molar-refractivity contribution is 4.84. The van der Waals surface area contributed by atoms with Crippen molar-refractivity contribution in [3.8, 4) is 0 Å². The topological polar surface area (TPSA) is 47.9 Å². The average Bonchev–Trinajstić information content (AvgIpc) is 2.84. The zero-order valence-corrected chi connectivity index (χ0v) is 11.0. The van der Waals surface area contributed by atoms with E-state index in [1.807, 2.05) is 0 Å². The first-order chi connectivity index (χ1) is 8.77. The van der Waals surface area contributed by atoms with E-state index in [1.165, 1.54) is 6.42 Å². The lowest BCUT2D eigenvalue weighted by Crippen LogP contribution is -2.41. The Balaban J connectivity index is 1.47. The summed E-state index contributed by atoms with van der Waals surface area (Å²) in [5, 5.41) is 9.93. The fourth-order valence-corrected chi connectivity index (χ4v) is 3.44. The summed E-state index contributed by atoms with van der Waals surface area (Å²) >= 11 is 0. The fraction of sp³-hybridized carbons (Fsp3) is 1.00. The largest absolute Gasteiger partial charge is 0.390 e. The Kier molecular flexibility index (Phi) is 3.89. The standard InChI is InChI=1S/C14H24O4/c15-12-3-1-2-4-13(12)18-11-5-7-14(8-6-11)16-9-10-17-14/h11-13,15H,1-10H2. The summed E-state index contributed by atoms with van der Waals surface area (Å²) in [6, 6.07) is 0. The smallest absolute Gasteiger partial charge is 0.168 e. The molecule has 0 amide bonds. The zero-order valence-electron chi connectivity index (χ0n) is 11.0. The van der Waals surface area contributed by atoms with Crippen LogP contribution in [0.4, 0.5) is 0 Å². The van der Waals surface area contributed by atoms with Crippen molar-refractivity contribution in [1.82, 2.24) is 0 Å². The van der Waals surface area contributed by atoms with E-state index in [0.717, 1.165) is 58.2 Å². The van der Waals surface area contributed by atoms with Gasteiger partial charge in [-0.1, -0.05) is 12.8 Å². The summed E-state index contributed by atoms with van der Waals surface area (Å²) in [5.41, 5.74) is 0. The van der Waals surface area contributed by atoms with Gasteiger partial charge in [0.05, 0.1) is 31.5 Å². The van der Waals surface area contributed by atoms with Gasteiger partial charge in [-0.05, 0) is 25.7 Å². The summed E-state index contributed by atoms with van der Waals surface area (Å²) in [6.07, 6.45) is 8.15. The second-order valence-corrected chi connectivity index (χ2v) is 5.83. The zero-order chi connectivity index (χ0) is 12.4. The quantitative estimate of drug-likeness (QED) is 0.821. The molecule has 0 aromatic carbocycles. The van der Waals surface area contributed by atoms with Gasteiger partial charge in [-0.3, -0.25) is 0 Å². The van der Waals surface area contributed by atoms with Gasteiger partial charge in [0.1, 0.15) is 0 Å². The molecule has 2 aliphatic carbocycles. The Labute approximate surface area is 109 Å². The maximum atomic E-state index is 9.93. The molecule has 0 aromatic rings. The van der Waals surface area contributed by atoms with Gasteiger partial charge in [0.15, 0.2) is 5.79 Å².